The third kappa shape index (κ3) is 2.21. The molecule has 0 N–H and O–H groups in total. The van der Waals surface area contributed by atoms with Crippen molar-refractivity contribution in [3.63, 3.8) is 0 Å². The van der Waals surface area contributed by atoms with Crippen LogP contribution in [0.4, 0.5) is 0 Å². The van der Waals surface area contributed by atoms with Crippen LogP contribution < -0.4 is 0 Å². The summed E-state index contributed by atoms with van der Waals surface area (Å²) in [6.45, 7) is 4.03. The lowest BCUT2D eigenvalue weighted by atomic mass is 10.4. The predicted octanol–water partition coefficient (Wildman–Crippen LogP) is 1.52. The van der Waals surface area contributed by atoms with Crippen LogP contribution >= 0.6 is 0 Å². The molecule has 1 rings (SSSR count). The maximum absolute atomic E-state index is 10.8. The highest BCUT2D eigenvalue weighted by atomic mass is 16.5. The van der Waals surface area contributed by atoms with E-state index in [4.69, 9.17) is 4.74 Å². The van der Waals surface area contributed by atoms with Gasteiger partial charge in [0.2, 0.25) is 0 Å². The molecule has 0 aromatic heterocycles. The van der Waals surface area contributed by atoms with E-state index < -0.39 is 0 Å². The molecule has 0 bridgehead atoms. The van der Waals surface area contributed by atoms with E-state index in [1.807, 2.05) is 0 Å². The normalized spacial score (nSPS) is 16.4. The molecule has 10 heavy (non-hydrogen) atoms. The van der Waals surface area contributed by atoms with Gasteiger partial charge in [-0.2, -0.15) is 0 Å². The molecule has 0 unspecified atom stereocenters. The summed E-state index contributed by atoms with van der Waals surface area (Å²) in [5, 5.41) is 0. The Morgan fingerprint density at radius 1 is 1.70 bits per heavy atom. The first-order valence-corrected chi connectivity index (χ1v) is 3.62. The summed E-state index contributed by atoms with van der Waals surface area (Å²) in [6.07, 6.45) is 4.55. The third-order valence-corrected chi connectivity index (χ3v) is 1.48. The van der Waals surface area contributed by atoms with Crippen LogP contribution in [-0.4, -0.2) is 12.6 Å². The second-order valence-corrected chi connectivity index (χ2v) is 2.52. The average Bonchev–Trinajstić information content (AvgIpc) is 2.69. The molecule has 1 aliphatic rings. The number of carbonyl (C=O) groups excluding carboxylic acids is 1. The number of hydrogen-bond donors (Lipinski definition) is 0. The molecular formula is C8H12O2. The van der Waals surface area contributed by atoms with E-state index in [2.05, 4.69) is 6.58 Å². The van der Waals surface area contributed by atoms with Gasteiger partial charge in [0.25, 0.3) is 0 Å². The maximum Gasteiger partial charge on any atom is 0.308 e. The van der Waals surface area contributed by atoms with Crippen molar-refractivity contribution in [1.82, 2.24) is 0 Å². The number of esters is 1. The second-order valence-electron chi connectivity index (χ2n) is 2.52. The van der Waals surface area contributed by atoms with Crippen molar-refractivity contribution in [3.05, 3.63) is 12.7 Å². The Morgan fingerprint density at radius 3 is 2.90 bits per heavy atom. The van der Waals surface area contributed by atoms with Crippen LogP contribution in [0.1, 0.15) is 19.3 Å². The van der Waals surface area contributed by atoms with Crippen molar-refractivity contribution in [2.45, 2.75) is 19.3 Å². The molecule has 0 aromatic rings. The number of hydrogen-bond acceptors (Lipinski definition) is 2. The van der Waals surface area contributed by atoms with E-state index in [1.165, 1.54) is 0 Å². The summed E-state index contributed by atoms with van der Waals surface area (Å²) in [5.74, 6) is 0.201. The molecule has 0 aliphatic heterocycles. The molecule has 0 amide bonds. The first-order valence-electron chi connectivity index (χ1n) is 3.62. The molecule has 0 saturated heterocycles. The zero-order valence-corrected chi connectivity index (χ0v) is 6.01. The van der Waals surface area contributed by atoms with E-state index in [9.17, 15) is 4.79 Å². The number of carbonyl (C=O) groups is 1. The highest BCUT2D eigenvalue weighted by Crippen LogP contribution is 2.29. The second kappa shape index (κ2) is 3.40. The smallest absolute Gasteiger partial charge is 0.308 e. The van der Waals surface area contributed by atoms with Gasteiger partial charge in [-0.3, -0.25) is 4.79 Å². The van der Waals surface area contributed by atoms with Crippen molar-refractivity contribution < 1.29 is 9.53 Å². The van der Waals surface area contributed by atoms with Gasteiger partial charge in [-0.05, 0) is 19.3 Å². The summed E-state index contributed by atoms with van der Waals surface area (Å²) in [5.41, 5.74) is 0. The lowest BCUT2D eigenvalue weighted by Crippen LogP contribution is -2.06. The molecule has 1 aliphatic carbocycles. The fraction of sp³-hybridized carbons (Fsp3) is 0.625. The summed E-state index contributed by atoms with van der Waals surface area (Å²) < 4.78 is 4.90. The summed E-state index contributed by atoms with van der Waals surface area (Å²) in [7, 11) is 0. The van der Waals surface area contributed by atoms with Gasteiger partial charge >= 0.3 is 5.97 Å². The van der Waals surface area contributed by atoms with Gasteiger partial charge in [0.1, 0.15) is 0 Å². The molecule has 0 atom stereocenters. The summed E-state index contributed by atoms with van der Waals surface area (Å²) in [6, 6.07) is 0. The lowest BCUT2D eigenvalue weighted by Gasteiger charge is -1.99. The largest absolute Gasteiger partial charge is 0.465 e. The van der Waals surface area contributed by atoms with Crippen LogP contribution in [0.2, 0.25) is 0 Å². The fourth-order valence-corrected chi connectivity index (χ4v) is 0.680. The van der Waals surface area contributed by atoms with Gasteiger partial charge in [0.15, 0.2) is 0 Å². The Kier molecular flexibility index (Phi) is 2.49. The molecular weight excluding hydrogens is 128 g/mol. The minimum atomic E-state index is -0.0261. The predicted molar refractivity (Wildman–Crippen MR) is 38.5 cm³/mol. The van der Waals surface area contributed by atoms with Crippen molar-refractivity contribution in [2.75, 3.05) is 6.61 Å². The Morgan fingerprint density at radius 2 is 2.40 bits per heavy atom. The molecule has 0 heterocycles. The summed E-state index contributed by atoms with van der Waals surface area (Å²) in [4.78, 5) is 10.8. The van der Waals surface area contributed by atoms with E-state index in [0.717, 1.165) is 19.3 Å². The van der Waals surface area contributed by atoms with Crippen molar-refractivity contribution >= 4 is 5.97 Å². The average molecular weight is 140 g/mol. The van der Waals surface area contributed by atoms with Gasteiger partial charge in [-0.15, -0.1) is 6.58 Å². The standard InChI is InChI=1S/C8H12O2/c1-2-3-6-10-8(9)7-4-5-7/h2,7H,1,3-6H2. The van der Waals surface area contributed by atoms with Gasteiger partial charge in [0.05, 0.1) is 12.5 Å². The first-order chi connectivity index (χ1) is 4.84. The van der Waals surface area contributed by atoms with Gasteiger partial charge in [-0.1, -0.05) is 6.08 Å². The highest BCUT2D eigenvalue weighted by molar-refractivity contribution is 5.74. The van der Waals surface area contributed by atoms with Crippen LogP contribution in [0.5, 0.6) is 0 Å². The molecule has 56 valence electrons. The minimum absolute atomic E-state index is 0.0261. The van der Waals surface area contributed by atoms with Gasteiger partial charge in [0, 0.05) is 0 Å². The molecule has 1 fully saturated rings. The van der Waals surface area contributed by atoms with Crippen LogP contribution in [-0.2, 0) is 9.53 Å². The number of rotatable bonds is 4. The molecule has 0 spiro atoms. The van der Waals surface area contributed by atoms with Crippen molar-refractivity contribution in [2.24, 2.45) is 5.92 Å². The quantitative estimate of drug-likeness (QED) is 0.336. The molecule has 2 heteroatoms. The molecule has 2 nitrogen and oxygen atoms in total. The van der Waals surface area contributed by atoms with Gasteiger partial charge in [-0.25, -0.2) is 0 Å². The van der Waals surface area contributed by atoms with Crippen LogP contribution in [0.15, 0.2) is 12.7 Å². The first kappa shape index (κ1) is 7.32. The monoisotopic (exact) mass is 140 g/mol. The van der Waals surface area contributed by atoms with E-state index in [-0.39, 0.29) is 11.9 Å². The number of ether oxygens (including phenoxy) is 1. The Bertz CT molecular complexity index is 136. The Balaban J connectivity index is 2.00. The maximum atomic E-state index is 10.8. The van der Waals surface area contributed by atoms with Crippen LogP contribution in [0.25, 0.3) is 0 Å². The van der Waals surface area contributed by atoms with Crippen LogP contribution in [0.3, 0.4) is 0 Å². The third-order valence-electron chi connectivity index (χ3n) is 1.48. The van der Waals surface area contributed by atoms with E-state index >= 15 is 0 Å². The highest BCUT2D eigenvalue weighted by Gasteiger charge is 2.30. The van der Waals surface area contributed by atoms with Crippen molar-refractivity contribution in [1.29, 1.82) is 0 Å². The molecule has 1 saturated carbocycles. The Hall–Kier alpha value is -0.790. The minimum Gasteiger partial charge on any atom is -0.465 e. The topological polar surface area (TPSA) is 26.3 Å². The molecule has 0 radical (unpaired) electrons. The van der Waals surface area contributed by atoms with E-state index in [0.29, 0.717) is 6.61 Å². The lowest BCUT2D eigenvalue weighted by molar-refractivity contribution is -0.145. The fourth-order valence-electron chi connectivity index (χ4n) is 0.680. The SMILES string of the molecule is C=CCCOC(=O)C1CC1. The molecule has 0 aromatic carbocycles. The van der Waals surface area contributed by atoms with Crippen LogP contribution in [0, 0.1) is 5.92 Å². The van der Waals surface area contributed by atoms with E-state index in [1.54, 1.807) is 6.08 Å². The summed E-state index contributed by atoms with van der Waals surface area (Å²) >= 11 is 0. The zero-order chi connectivity index (χ0) is 7.40. The Labute approximate surface area is 60.9 Å². The van der Waals surface area contributed by atoms with Gasteiger partial charge < -0.3 is 4.74 Å². The van der Waals surface area contributed by atoms with Crippen molar-refractivity contribution in [3.8, 4) is 0 Å². The zero-order valence-electron chi connectivity index (χ0n) is 6.01.